The number of hydrogen-bond acceptors (Lipinski definition) is 3. The Morgan fingerprint density at radius 2 is 2.39 bits per heavy atom. The molecule has 0 spiro atoms. The highest BCUT2D eigenvalue weighted by Crippen LogP contribution is 2.38. The van der Waals surface area contributed by atoms with E-state index in [1.54, 1.807) is 0 Å². The molecule has 1 aliphatic heterocycles. The van der Waals surface area contributed by atoms with E-state index < -0.39 is 0 Å². The van der Waals surface area contributed by atoms with E-state index >= 15 is 0 Å². The lowest BCUT2D eigenvalue weighted by molar-refractivity contribution is -0.0901. The van der Waals surface area contributed by atoms with E-state index in [4.69, 9.17) is 4.74 Å². The molecule has 1 fully saturated rings. The number of aromatic nitrogens is 2. The van der Waals surface area contributed by atoms with Crippen molar-refractivity contribution < 1.29 is 4.74 Å². The topological polar surface area (TPSA) is 39.1 Å². The summed E-state index contributed by atoms with van der Waals surface area (Å²) in [4.78, 5) is 0. The summed E-state index contributed by atoms with van der Waals surface area (Å²) in [7, 11) is 1.99. The number of hydrogen-bond donors (Lipinski definition) is 1. The lowest BCUT2D eigenvalue weighted by Gasteiger charge is -2.40. The largest absolute Gasteiger partial charge is 0.373 e. The molecule has 4 nitrogen and oxygen atoms in total. The second-order valence-electron chi connectivity index (χ2n) is 5.03. The number of nitrogens with zero attached hydrogens (tertiary/aromatic N) is 2. The van der Waals surface area contributed by atoms with Crippen LogP contribution >= 0.6 is 15.9 Å². The first kappa shape index (κ1) is 14.0. The SMILES string of the molecule is CCn1ncc(Br)c1C(NC)C1(C)CCCCO1. The Balaban J connectivity index is 2.34. The van der Waals surface area contributed by atoms with E-state index in [0.29, 0.717) is 0 Å². The molecule has 5 heteroatoms. The molecule has 2 atom stereocenters. The van der Waals surface area contributed by atoms with E-state index in [0.717, 1.165) is 24.0 Å². The number of likely N-dealkylation sites (N-methyl/N-ethyl adjacent to an activating group) is 1. The normalized spacial score (nSPS) is 26.2. The van der Waals surface area contributed by atoms with Crippen molar-refractivity contribution in [3.63, 3.8) is 0 Å². The van der Waals surface area contributed by atoms with Crippen LogP contribution in [0.15, 0.2) is 10.7 Å². The van der Waals surface area contributed by atoms with Gasteiger partial charge in [-0.3, -0.25) is 4.68 Å². The van der Waals surface area contributed by atoms with Gasteiger partial charge < -0.3 is 10.1 Å². The Bertz CT molecular complexity index is 399. The molecular formula is C13H22BrN3O. The molecule has 0 saturated carbocycles. The molecule has 0 aliphatic carbocycles. The molecule has 1 aliphatic rings. The molecule has 0 amide bonds. The Morgan fingerprint density at radius 3 is 2.94 bits per heavy atom. The molecule has 1 aromatic rings. The fourth-order valence-corrected chi connectivity index (χ4v) is 3.35. The second-order valence-corrected chi connectivity index (χ2v) is 5.89. The van der Waals surface area contributed by atoms with Gasteiger partial charge in [-0.15, -0.1) is 0 Å². The number of aryl methyl sites for hydroxylation is 1. The zero-order valence-corrected chi connectivity index (χ0v) is 13.0. The Kier molecular flexibility index (Phi) is 4.45. The first-order valence-corrected chi connectivity index (χ1v) is 7.44. The maximum Gasteiger partial charge on any atom is 0.0863 e. The Hall–Kier alpha value is -0.390. The van der Waals surface area contributed by atoms with E-state index in [1.165, 1.54) is 18.5 Å². The van der Waals surface area contributed by atoms with Crippen LogP contribution in [0.1, 0.15) is 44.8 Å². The predicted octanol–water partition coefficient (Wildman–Crippen LogP) is 2.89. The van der Waals surface area contributed by atoms with Crippen molar-refractivity contribution in [2.45, 2.75) is 51.3 Å². The van der Waals surface area contributed by atoms with Crippen LogP contribution in [-0.2, 0) is 11.3 Å². The van der Waals surface area contributed by atoms with Crippen LogP contribution in [0.4, 0.5) is 0 Å². The minimum atomic E-state index is -0.150. The minimum absolute atomic E-state index is 0.150. The molecule has 1 N–H and O–H groups in total. The lowest BCUT2D eigenvalue weighted by Crippen LogP contribution is -2.45. The zero-order valence-electron chi connectivity index (χ0n) is 11.4. The van der Waals surface area contributed by atoms with Gasteiger partial charge in [0, 0.05) is 13.2 Å². The summed E-state index contributed by atoms with van der Waals surface area (Å²) >= 11 is 3.61. The molecule has 1 saturated heterocycles. The van der Waals surface area contributed by atoms with Gasteiger partial charge in [-0.05, 0) is 56.1 Å². The van der Waals surface area contributed by atoms with Gasteiger partial charge in [0.15, 0.2) is 0 Å². The van der Waals surface area contributed by atoms with E-state index in [9.17, 15) is 0 Å². The van der Waals surface area contributed by atoms with E-state index in [1.807, 2.05) is 17.9 Å². The average molecular weight is 316 g/mol. The van der Waals surface area contributed by atoms with Gasteiger partial charge in [0.25, 0.3) is 0 Å². The third kappa shape index (κ3) is 2.49. The molecule has 0 bridgehead atoms. The van der Waals surface area contributed by atoms with Crippen LogP contribution in [0.25, 0.3) is 0 Å². The summed E-state index contributed by atoms with van der Waals surface area (Å²) in [6.07, 6.45) is 5.35. The van der Waals surface area contributed by atoms with Crippen molar-refractivity contribution in [3.05, 3.63) is 16.4 Å². The monoisotopic (exact) mass is 315 g/mol. The number of halogens is 1. The van der Waals surface area contributed by atoms with Gasteiger partial charge in [-0.25, -0.2) is 0 Å². The number of ether oxygens (including phenoxy) is 1. The van der Waals surface area contributed by atoms with Gasteiger partial charge >= 0.3 is 0 Å². The van der Waals surface area contributed by atoms with E-state index in [-0.39, 0.29) is 11.6 Å². The molecule has 1 aromatic heterocycles. The highest BCUT2D eigenvalue weighted by atomic mass is 79.9. The first-order chi connectivity index (χ1) is 8.62. The standard InChI is InChI=1S/C13H22BrN3O/c1-4-17-11(10(14)9-16-17)12(15-3)13(2)7-5-6-8-18-13/h9,12,15H,4-8H2,1-3H3. The predicted molar refractivity (Wildman–Crippen MR) is 75.6 cm³/mol. The zero-order chi connectivity index (χ0) is 13.2. The Labute approximate surface area is 117 Å². The van der Waals surface area contributed by atoms with Crippen LogP contribution < -0.4 is 5.32 Å². The van der Waals surface area contributed by atoms with Crippen molar-refractivity contribution in [1.29, 1.82) is 0 Å². The molecule has 0 aromatic carbocycles. The number of nitrogens with one attached hydrogen (secondary N) is 1. The van der Waals surface area contributed by atoms with Gasteiger partial charge in [0.2, 0.25) is 0 Å². The second kappa shape index (κ2) is 5.72. The third-order valence-electron chi connectivity index (χ3n) is 3.80. The van der Waals surface area contributed by atoms with Gasteiger partial charge in [0.05, 0.1) is 28.0 Å². The third-order valence-corrected chi connectivity index (χ3v) is 4.42. The fraction of sp³-hybridized carbons (Fsp3) is 0.769. The summed E-state index contributed by atoms with van der Waals surface area (Å²) < 4.78 is 9.16. The van der Waals surface area contributed by atoms with Gasteiger partial charge in [-0.2, -0.15) is 5.10 Å². The maximum absolute atomic E-state index is 6.07. The van der Waals surface area contributed by atoms with Crippen molar-refractivity contribution in [1.82, 2.24) is 15.1 Å². The summed E-state index contributed by atoms with van der Waals surface area (Å²) in [5.41, 5.74) is 1.03. The summed E-state index contributed by atoms with van der Waals surface area (Å²) in [6.45, 7) is 6.04. The smallest absolute Gasteiger partial charge is 0.0863 e. The van der Waals surface area contributed by atoms with Gasteiger partial charge in [0.1, 0.15) is 0 Å². The summed E-state index contributed by atoms with van der Waals surface area (Å²) in [6, 6.07) is 0.162. The van der Waals surface area contributed by atoms with Crippen LogP contribution in [-0.4, -0.2) is 29.0 Å². The molecule has 2 heterocycles. The highest BCUT2D eigenvalue weighted by Gasteiger charge is 2.39. The quantitative estimate of drug-likeness (QED) is 0.928. The van der Waals surface area contributed by atoms with Crippen LogP contribution in [0, 0.1) is 0 Å². The number of rotatable bonds is 4. The van der Waals surface area contributed by atoms with Crippen molar-refractivity contribution in [3.8, 4) is 0 Å². The highest BCUT2D eigenvalue weighted by molar-refractivity contribution is 9.10. The molecule has 18 heavy (non-hydrogen) atoms. The molecule has 102 valence electrons. The van der Waals surface area contributed by atoms with Crippen LogP contribution in [0.2, 0.25) is 0 Å². The Morgan fingerprint density at radius 1 is 1.61 bits per heavy atom. The molecule has 2 rings (SSSR count). The van der Waals surface area contributed by atoms with Crippen molar-refractivity contribution >= 4 is 15.9 Å². The molecule has 0 radical (unpaired) electrons. The minimum Gasteiger partial charge on any atom is -0.373 e. The average Bonchev–Trinajstić information content (AvgIpc) is 2.73. The van der Waals surface area contributed by atoms with Crippen LogP contribution in [0.5, 0.6) is 0 Å². The van der Waals surface area contributed by atoms with E-state index in [2.05, 4.69) is 40.2 Å². The van der Waals surface area contributed by atoms with Gasteiger partial charge in [-0.1, -0.05) is 0 Å². The first-order valence-electron chi connectivity index (χ1n) is 6.65. The summed E-state index contributed by atoms with van der Waals surface area (Å²) in [5.74, 6) is 0. The summed E-state index contributed by atoms with van der Waals surface area (Å²) in [5, 5.41) is 7.82. The fourth-order valence-electron chi connectivity index (χ4n) is 2.83. The molecule has 2 unspecified atom stereocenters. The van der Waals surface area contributed by atoms with Crippen molar-refractivity contribution in [2.75, 3.05) is 13.7 Å². The molecular weight excluding hydrogens is 294 g/mol. The van der Waals surface area contributed by atoms with Crippen LogP contribution in [0.3, 0.4) is 0 Å². The lowest BCUT2D eigenvalue weighted by atomic mass is 9.86. The van der Waals surface area contributed by atoms with Crippen molar-refractivity contribution in [2.24, 2.45) is 0 Å². The maximum atomic E-state index is 6.07.